The molecule has 0 spiro atoms. The van der Waals surface area contributed by atoms with Gasteiger partial charge >= 0.3 is 0 Å². The Kier molecular flexibility index (Phi) is 4.74. The summed E-state index contributed by atoms with van der Waals surface area (Å²) in [4.78, 5) is 23.7. The zero-order chi connectivity index (χ0) is 14.5. The lowest BCUT2D eigenvalue weighted by Crippen LogP contribution is -2.46. The van der Waals surface area contributed by atoms with Crippen LogP contribution in [-0.2, 0) is 14.3 Å². The minimum Gasteiger partial charge on any atom is -0.368 e. The molecule has 1 aliphatic rings. The van der Waals surface area contributed by atoms with Crippen LogP contribution in [0.3, 0.4) is 0 Å². The van der Waals surface area contributed by atoms with Crippen molar-refractivity contribution in [3.05, 3.63) is 35.9 Å². The lowest BCUT2D eigenvalue weighted by Gasteiger charge is -2.20. The van der Waals surface area contributed by atoms with E-state index in [-0.39, 0.29) is 5.91 Å². The smallest absolute Gasteiger partial charge is 0.254 e. The Labute approximate surface area is 118 Å². The molecule has 0 bridgehead atoms. The first kappa shape index (κ1) is 14.5. The highest BCUT2D eigenvalue weighted by atomic mass is 16.5. The van der Waals surface area contributed by atoms with Crippen molar-refractivity contribution in [2.24, 2.45) is 11.7 Å². The highest BCUT2D eigenvalue weighted by Gasteiger charge is 2.31. The van der Waals surface area contributed by atoms with E-state index in [4.69, 9.17) is 10.5 Å². The van der Waals surface area contributed by atoms with Gasteiger partial charge in [-0.2, -0.15) is 0 Å². The van der Waals surface area contributed by atoms with Gasteiger partial charge in [-0.25, -0.2) is 0 Å². The predicted octanol–water partition coefficient (Wildman–Crippen LogP) is 1.14. The van der Waals surface area contributed by atoms with Gasteiger partial charge in [0.15, 0.2) is 6.10 Å². The fraction of sp³-hybridized carbons (Fsp3) is 0.467. The molecule has 3 N–H and O–H groups in total. The summed E-state index contributed by atoms with van der Waals surface area (Å²) in [7, 11) is 1.47. The number of hydrogen-bond acceptors (Lipinski definition) is 3. The summed E-state index contributed by atoms with van der Waals surface area (Å²) in [5, 5.41) is 2.70. The minimum atomic E-state index is -0.725. The molecular weight excluding hydrogens is 256 g/mol. The fourth-order valence-corrected chi connectivity index (χ4v) is 2.20. The molecule has 5 heteroatoms. The number of benzene rings is 1. The number of ether oxygens (including phenoxy) is 1. The lowest BCUT2D eigenvalue weighted by atomic mass is 10.1. The number of methoxy groups -OCH3 is 1. The molecule has 0 saturated heterocycles. The van der Waals surface area contributed by atoms with Crippen molar-refractivity contribution in [2.75, 3.05) is 7.11 Å². The van der Waals surface area contributed by atoms with Crippen molar-refractivity contribution >= 4 is 11.8 Å². The molecule has 0 unspecified atom stereocenters. The second-order valence-corrected chi connectivity index (χ2v) is 5.17. The third-order valence-electron chi connectivity index (χ3n) is 3.50. The van der Waals surface area contributed by atoms with Crippen LogP contribution < -0.4 is 11.1 Å². The number of carbonyl (C=O) groups is 2. The molecule has 2 atom stereocenters. The quantitative estimate of drug-likeness (QED) is 0.783. The van der Waals surface area contributed by atoms with Gasteiger partial charge in [0.2, 0.25) is 5.91 Å². The molecule has 1 aromatic rings. The molecule has 5 nitrogen and oxygen atoms in total. The summed E-state index contributed by atoms with van der Waals surface area (Å²) >= 11 is 0. The van der Waals surface area contributed by atoms with Crippen LogP contribution in [-0.4, -0.2) is 25.0 Å². The van der Waals surface area contributed by atoms with Gasteiger partial charge in [-0.1, -0.05) is 43.2 Å². The van der Waals surface area contributed by atoms with Crippen LogP contribution in [0.1, 0.15) is 30.9 Å². The molecule has 0 heterocycles. The van der Waals surface area contributed by atoms with Gasteiger partial charge < -0.3 is 15.8 Å². The summed E-state index contributed by atoms with van der Waals surface area (Å²) in [5.74, 6) is -0.318. The third kappa shape index (κ3) is 3.81. The first-order chi connectivity index (χ1) is 9.61. The minimum absolute atomic E-state index is 0.330. The number of primary amides is 1. The Morgan fingerprint density at radius 3 is 2.50 bits per heavy atom. The maximum Gasteiger partial charge on any atom is 0.254 e. The summed E-state index contributed by atoms with van der Waals surface area (Å²) in [6, 6.07) is 8.56. The maximum absolute atomic E-state index is 12.2. The molecule has 0 aliphatic heterocycles. The summed E-state index contributed by atoms with van der Waals surface area (Å²) < 4.78 is 5.24. The van der Waals surface area contributed by atoms with E-state index >= 15 is 0 Å². The molecule has 2 amide bonds. The fourth-order valence-electron chi connectivity index (χ4n) is 2.20. The Morgan fingerprint density at radius 2 is 2.00 bits per heavy atom. The number of nitrogens with two attached hydrogens (primary N) is 1. The largest absolute Gasteiger partial charge is 0.368 e. The average molecular weight is 276 g/mol. The molecule has 0 radical (unpaired) electrons. The van der Waals surface area contributed by atoms with E-state index in [1.54, 1.807) is 0 Å². The van der Waals surface area contributed by atoms with E-state index in [1.165, 1.54) is 7.11 Å². The van der Waals surface area contributed by atoms with Crippen molar-refractivity contribution in [3.63, 3.8) is 0 Å². The van der Waals surface area contributed by atoms with Crippen LogP contribution in [0.2, 0.25) is 0 Å². The van der Waals surface area contributed by atoms with Crippen LogP contribution >= 0.6 is 0 Å². The summed E-state index contributed by atoms with van der Waals surface area (Å²) in [5.41, 5.74) is 6.10. The van der Waals surface area contributed by atoms with Gasteiger partial charge in [-0.15, -0.1) is 0 Å². The van der Waals surface area contributed by atoms with E-state index in [1.807, 2.05) is 30.3 Å². The van der Waals surface area contributed by atoms with Crippen LogP contribution in [0.4, 0.5) is 0 Å². The van der Waals surface area contributed by atoms with Crippen LogP contribution in [0, 0.1) is 5.92 Å². The van der Waals surface area contributed by atoms with Crippen LogP contribution in [0.25, 0.3) is 0 Å². The van der Waals surface area contributed by atoms with Gasteiger partial charge in [-0.05, 0) is 17.9 Å². The zero-order valence-corrected chi connectivity index (χ0v) is 11.5. The van der Waals surface area contributed by atoms with Gasteiger partial charge in [0.1, 0.15) is 6.04 Å². The molecule has 2 rings (SSSR count). The molecule has 20 heavy (non-hydrogen) atoms. The SMILES string of the molecule is CO[C@H](C(=O)N[C@@H](CC1CC1)C(N)=O)c1ccccc1. The van der Waals surface area contributed by atoms with Gasteiger partial charge in [0.25, 0.3) is 5.91 Å². The highest BCUT2D eigenvalue weighted by Crippen LogP contribution is 2.33. The average Bonchev–Trinajstić information content (AvgIpc) is 3.24. The van der Waals surface area contributed by atoms with Gasteiger partial charge in [-0.3, -0.25) is 9.59 Å². The molecular formula is C15H20N2O3. The first-order valence-corrected chi connectivity index (χ1v) is 6.79. The van der Waals surface area contributed by atoms with Crippen molar-refractivity contribution < 1.29 is 14.3 Å². The van der Waals surface area contributed by atoms with Gasteiger partial charge in [0, 0.05) is 7.11 Å². The highest BCUT2D eigenvalue weighted by molar-refractivity contribution is 5.89. The number of carbonyl (C=O) groups excluding carboxylic acids is 2. The van der Waals surface area contributed by atoms with Crippen molar-refractivity contribution in [3.8, 4) is 0 Å². The van der Waals surface area contributed by atoms with E-state index < -0.39 is 18.1 Å². The maximum atomic E-state index is 12.2. The monoisotopic (exact) mass is 276 g/mol. The second kappa shape index (κ2) is 6.52. The normalized spacial score (nSPS) is 17.2. The number of rotatable bonds is 7. The van der Waals surface area contributed by atoms with E-state index in [0.29, 0.717) is 12.3 Å². The molecule has 1 aromatic carbocycles. The molecule has 0 aromatic heterocycles. The molecule has 1 saturated carbocycles. The number of amides is 2. The molecule has 1 fully saturated rings. The Hall–Kier alpha value is -1.88. The standard InChI is InChI=1S/C15H20N2O3/c1-20-13(11-5-3-2-4-6-11)15(19)17-12(14(16)18)9-10-7-8-10/h2-6,10,12-13H,7-9H2,1H3,(H2,16,18)(H,17,19)/t12-,13-/m0/s1. The van der Waals surface area contributed by atoms with E-state index in [0.717, 1.165) is 18.4 Å². The molecule has 1 aliphatic carbocycles. The second-order valence-electron chi connectivity index (χ2n) is 5.17. The first-order valence-electron chi connectivity index (χ1n) is 6.79. The van der Waals surface area contributed by atoms with Crippen molar-refractivity contribution in [2.45, 2.75) is 31.4 Å². The third-order valence-corrected chi connectivity index (χ3v) is 3.50. The Morgan fingerprint density at radius 1 is 1.35 bits per heavy atom. The van der Waals surface area contributed by atoms with E-state index in [2.05, 4.69) is 5.32 Å². The summed E-state index contributed by atoms with van der Waals surface area (Å²) in [6.45, 7) is 0. The van der Waals surface area contributed by atoms with E-state index in [9.17, 15) is 9.59 Å². The Bertz CT molecular complexity index is 471. The molecule has 108 valence electrons. The number of hydrogen-bond donors (Lipinski definition) is 2. The van der Waals surface area contributed by atoms with Crippen molar-refractivity contribution in [1.29, 1.82) is 0 Å². The lowest BCUT2D eigenvalue weighted by molar-refractivity contribution is -0.135. The summed E-state index contributed by atoms with van der Waals surface area (Å²) in [6.07, 6.45) is 2.10. The topological polar surface area (TPSA) is 81.4 Å². The Balaban J connectivity index is 2.02. The predicted molar refractivity (Wildman–Crippen MR) is 74.7 cm³/mol. The van der Waals surface area contributed by atoms with Gasteiger partial charge in [0.05, 0.1) is 0 Å². The van der Waals surface area contributed by atoms with Crippen molar-refractivity contribution in [1.82, 2.24) is 5.32 Å². The van der Waals surface area contributed by atoms with Crippen LogP contribution in [0.5, 0.6) is 0 Å². The number of nitrogens with one attached hydrogen (secondary N) is 1. The van der Waals surface area contributed by atoms with Crippen LogP contribution in [0.15, 0.2) is 30.3 Å². The zero-order valence-electron chi connectivity index (χ0n) is 11.5.